The summed E-state index contributed by atoms with van der Waals surface area (Å²) in [5, 5.41) is 17.6. The molecular weight excluding hydrogens is 386 g/mol. The van der Waals surface area contributed by atoms with Crippen molar-refractivity contribution in [3.8, 4) is 0 Å². The number of hydrogen-bond acceptors (Lipinski definition) is 4. The summed E-state index contributed by atoms with van der Waals surface area (Å²) in [7, 11) is 0. The Bertz CT molecular complexity index is 923. The number of amides is 2. The number of likely N-dealkylation sites (tertiary alicyclic amines) is 2. The molecule has 3 aliphatic heterocycles. The van der Waals surface area contributed by atoms with Gasteiger partial charge >= 0.3 is 6.09 Å². The lowest BCUT2D eigenvalue weighted by atomic mass is 9.80. The summed E-state index contributed by atoms with van der Waals surface area (Å²) in [6, 6.07) is 7.76. The molecule has 4 heterocycles. The van der Waals surface area contributed by atoms with Crippen molar-refractivity contribution in [1.82, 2.24) is 9.80 Å². The highest BCUT2D eigenvalue weighted by Gasteiger charge is 2.46. The van der Waals surface area contributed by atoms with E-state index in [0.29, 0.717) is 12.1 Å². The predicted molar refractivity (Wildman–Crippen MR) is 112 cm³/mol. The summed E-state index contributed by atoms with van der Waals surface area (Å²) < 4.78 is 0. The van der Waals surface area contributed by atoms with Crippen LogP contribution in [0.4, 0.5) is 10.5 Å². The number of benzene rings is 1. The summed E-state index contributed by atoms with van der Waals surface area (Å²) in [5.41, 5.74) is 3.74. The second kappa shape index (κ2) is 7.37. The smallest absolute Gasteiger partial charge is 0.407 e. The first kappa shape index (κ1) is 18.5. The zero-order valence-corrected chi connectivity index (χ0v) is 17.0. The monoisotopic (exact) mass is 411 g/mol. The first-order valence-corrected chi connectivity index (χ1v) is 11.3. The number of fused-ring (bicyclic) bond motifs is 3. The van der Waals surface area contributed by atoms with E-state index in [1.165, 1.54) is 12.0 Å². The van der Waals surface area contributed by atoms with E-state index in [-0.39, 0.29) is 23.9 Å². The molecule has 7 heteroatoms. The standard InChI is InChI=1S/C22H25N3O3S/c26-21(24-8-2-1-3-9-24)14-4-5-18-17(12-14)20-16(6-10-25(20)22(27)28)19(23-18)15-7-11-29-13-15/h4-5,7,11-13,16,19-20,23H,1-3,6,8-10H2,(H,27,28). The Morgan fingerprint density at radius 1 is 1.10 bits per heavy atom. The molecule has 5 rings (SSSR count). The van der Waals surface area contributed by atoms with Crippen molar-refractivity contribution in [2.45, 2.75) is 37.8 Å². The normalized spacial score (nSPS) is 25.9. The number of carboxylic acid groups (broad SMARTS) is 1. The zero-order chi connectivity index (χ0) is 20.0. The molecule has 1 aromatic heterocycles. The molecule has 3 aliphatic rings. The summed E-state index contributed by atoms with van der Waals surface area (Å²) in [6.07, 6.45) is 3.21. The summed E-state index contributed by atoms with van der Waals surface area (Å²) in [6.45, 7) is 2.14. The maximum absolute atomic E-state index is 13.0. The molecule has 2 N–H and O–H groups in total. The van der Waals surface area contributed by atoms with Crippen molar-refractivity contribution in [2.24, 2.45) is 5.92 Å². The van der Waals surface area contributed by atoms with E-state index in [9.17, 15) is 14.7 Å². The lowest BCUT2D eigenvalue weighted by molar-refractivity contribution is 0.0724. The van der Waals surface area contributed by atoms with Gasteiger partial charge in [-0.25, -0.2) is 4.79 Å². The quantitative estimate of drug-likeness (QED) is 0.759. The zero-order valence-electron chi connectivity index (χ0n) is 16.2. The van der Waals surface area contributed by atoms with Crippen LogP contribution in [0.3, 0.4) is 0 Å². The fourth-order valence-electron chi connectivity index (χ4n) is 5.19. The van der Waals surface area contributed by atoms with Gasteiger partial charge in [0, 0.05) is 36.8 Å². The lowest BCUT2D eigenvalue weighted by Crippen LogP contribution is -2.38. The minimum Gasteiger partial charge on any atom is -0.465 e. The van der Waals surface area contributed by atoms with Gasteiger partial charge in [0.05, 0.1) is 12.1 Å². The molecule has 6 nitrogen and oxygen atoms in total. The third-order valence-electron chi connectivity index (χ3n) is 6.59. The Balaban J connectivity index is 1.53. The summed E-state index contributed by atoms with van der Waals surface area (Å²) in [5.74, 6) is 0.220. The average Bonchev–Trinajstić information content (AvgIpc) is 3.43. The molecule has 0 aliphatic carbocycles. The van der Waals surface area contributed by atoms with Crippen molar-refractivity contribution < 1.29 is 14.7 Å². The first-order chi connectivity index (χ1) is 14.1. The Labute approximate surface area is 174 Å². The summed E-state index contributed by atoms with van der Waals surface area (Å²) >= 11 is 1.66. The van der Waals surface area contributed by atoms with E-state index in [1.807, 2.05) is 23.1 Å². The Morgan fingerprint density at radius 3 is 2.66 bits per heavy atom. The Kier molecular flexibility index (Phi) is 4.70. The molecular formula is C22H25N3O3S. The van der Waals surface area contributed by atoms with Crippen LogP contribution in [0.25, 0.3) is 0 Å². The van der Waals surface area contributed by atoms with Crippen molar-refractivity contribution in [2.75, 3.05) is 25.0 Å². The Morgan fingerprint density at radius 2 is 1.93 bits per heavy atom. The Hall–Kier alpha value is -2.54. The van der Waals surface area contributed by atoms with E-state index in [1.54, 1.807) is 16.2 Å². The maximum atomic E-state index is 13.0. The minimum absolute atomic E-state index is 0.0591. The molecule has 2 saturated heterocycles. The van der Waals surface area contributed by atoms with Crippen LogP contribution in [-0.4, -0.2) is 46.5 Å². The molecule has 3 atom stereocenters. The predicted octanol–water partition coefficient (Wildman–Crippen LogP) is 4.58. The molecule has 0 bridgehead atoms. The van der Waals surface area contributed by atoms with Gasteiger partial charge in [0.15, 0.2) is 0 Å². The molecule has 152 valence electrons. The van der Waals surface area contributed by atoms with Gasteiger partial charge in [0.2, 0.25) is 0 Å². The van der Waals surface area contributed by atoms with Crippen LogP contribution in [-0.2, 0) is 0 Å². The topological polar surface area (TPSA) is 72.9 Å². The summed E-state index contributed by atoms with van der Waals surface area (Å²) in [4.78, 5) is 28.5. The minimum atomic E-state index is -0.887. The molecule has 0 saturated carbocycles. The molecule has 2 amide bonds. The number of rotatable bonds is 2. The van der Waals surface area contributed by atoms with Crippen LogP contribution in [0, 0.1) is 5.92 Å². The first-order valence-electron chi connectivity index (χ1n) is 10.3. The molecule has 1 aromatic carbocycles. The number of piperidine rings is 1. The molecule has 29 heavy (non-hydrogen) atoms. The number of carbonyl (C=O) groups excluding carboxylic acids is 1. The molecule has 2 aromatic rings. The van der Waals surface area contributed by atoms with Gasteiger partial charge in [-0.05, 0) is 71.8 Å². The highest BCUT2D eigenvalue weighted by molar-refractivity contribution is 7.08. The number of hydrogen-bond donors (Lipinski definition) is 2. The SMILES string of the molecule is O=C(c1ccc2c(c1)C1C(CCN1C(=O)O)C(c1ccsc1)N2)N1CCCCC1. The second-order valence-electron chi connectivity index (χ2n) is 8.21. The molecule has 2 fully saturated rings. The van der Waals surface area contributed by atoms with Crippen molar-refractivity contribution >= 4 is 29.0 Å². The maximum Gasteiger partial charge on any atom is 0.407 e. The van der Waals surface area contributed by atoms with Crippen molar-refractivity contribution in [3.63, 3.8) is 0 Å². The van der Waals surface area contributed by atoms with E-state index >= 15 is 0 Å². The van der Waals surface area contributed by atoms with Gasteiger partial charge in [-0.1, -0.05) is 0 Å². The van der Waals surface area contributed by atoms with Crippen LogP contribution in [0.15, 0.2) is 35.0 Å². The largest absolute Gasteiger partial charge is 0.465 e. The number of nitrogens with one attached hydrogen (secondary N) is 1. The van der Waals surface area contributed by atoms with Crippen LogP contribution in [0.5, 0.6) is 0 Å². The van der Waals surface area contributed by atoms with Crippen LogP contribution in [0.1, 0.15) is 59.3 Å². The number of anilines is 1. The van der Waals surface area contributed by atoms with Gasteiger partial charge in [0.25, 0.3) is 5.91 Å². The van der Waals surface area contributed by atoms with Gasteiger partial charge in [0.1, 0.15) is 0 Å². The van der Waals surface area contributed by atoms with Gasteiger partial charge in [-0.3, -0.25) is 4.79 Å². The van der Waals surface area contributed by atoms with Crippen LogP contribution in [0.2, 0.25) is 0 Å². The van der Waals surface area contributed by atoms with Gasteiger partial charge < -0.3 is 20.2 Å². The fraction of sp³-hybridized carbons (Fsp3) is 0.455. The van der Waals surface area contributed by atoms with E-state index in [4.69, 9.17) is 0 Å². The van der Waals surface area contributed by atoms with E-state index < -0.39 is 6.09 Å². The highest BCUT2D eigenvalue weighted by atomic mass is 32.1. The van der Waals surface area contributed by atoms with Crippen LogP contribution >= 0.6 is 11.3 Å². The van der Waals surface area contributed by atoms with E-state index in [0.717, 1.165) is 43.6 Å². The molecule has 0 radical (unpaired) electrons. The lowest BCUT2D eigenvalue weighted by Gasteiger charge is -2.39. The fourth-order valence-corrected chi connectivity index (χ4v) is 5.88. The van der Waals surface area contributed by atoms with E-state index in [2.05, 4.69) is 22.1 Å². The number of nitrogens with zero attached hydrogens (tertiary/aromatic N) is 2. The van der Waals surface area contributed by atoms with Gasteiger partial charge in [-0.2, -0.15) is 11.3 Å². The van der Waals surface area contributed by atoms with Crippen molar-refractivity contribution in [3.05, 3.63) is 51.7 Å². The van der Waals surface area contributed by atoms with Crippen LogP contribution < -0.4 is 5.32 Å². The third-order valence-corrected chi connectivity index (χ3v) is 7.29. The van der Waals surface area contributed by atoms with Gasteiger partial charge in [-0.15, -0.1) is 0 Å². The number of thiophene rings is 1. The average molecular weight is 412 g/mol. The second-order valence-corrected chi connectivity index (χ2v) is 8.99. The highest BCUT2D eigenvalue weighted by Crippen LogP contribution is 2.51. The molecule has 3 unspecified atom stereocenters. The number of carbonyl (C=O) groups is 2. The third kappa shape index (κ3) is 3.17. The molecule has 0 spiro atoms. The van der Waals surface area contributed by atoms with Crippen molar-refractivity contribution in [1.29, 1.82) is 0 Å².